The summed E-state index contributed by atoms with van der Waals surface area (Å²) in [5, 5.41) is 17.0. The zero-order valence-corrected chi connectivity index (χ0v) is 15.4. The SMILES string of the molecule is CS(=O)(=O)c1cccc(NCc2nc(-c3ccccc3)cs2)c1[N+](=O)[O-]. The number of nitro groups is 1. The summed E-state index contributed by atoms with van der Waals surface area (Å²) >= 11 is 1.43. The number of nitro benzene ring substituents is 1. The van der Waals surface area contributed by atoms with Gasteiger partial charge in [0.05, 0.1) is 17.2 Å². The van der Waals surface area contributed by atoms with Gasteiger partial charge in [-0.05, 0) is 12.1 Å². The Balaban J connectivity index is 1.85. The summed E-state index contributed by atoms with van der Waals surface area (Å²) < 4.78 is 23.6. The van der Waals surface area contributed by atoms with E-state index >= 15 is 0 Å². The van der Waals surface area contributed by atoms with Crippen molar-refractivity contribution in [1.82, 2.24) is 4.98 Å². The van der Waals surface area contributed by atoms with Gasteiger partial charge in [0.2, 0.25) is 0 Å². The normalized spacial score (nSPS) is 11.3. The molecule has 7 nitrogen and oxygen atoms in total. The first-order valence-corrected chi connectivity index (χ1v) is 10.3. The van der Waals surface area contributed by atoms with Crippen molar-refractivity contribution in [2.24, 2.45) is 0 Å². The average molecular weight is 389 g/mol. The highest BCUT2D eigenvalue weighted by molar-refractivity contribution is 7.90. The Morgan fingerprint density at radius 2 is 1.88 bits per heavy atom. The lowest BCUT2D eigenvalue weighted by Crippen LogP contribution is -2.07. The smallest absolute Gasteiger partial charge is 0.310 e. The molecule has 0 amide bonds. The Bertz CT molecular complexity index is 1050. The maximum absolute atomic E-state index is 11.8. The molecule has 1 N–H and O–H groups in total. The second-order valence-electron chi connectivity index (χ2n) is 5.53. The fraction of sp³-hybridized carbons (Fsp3) is 0.118. The van der Waals surface area contributed by atoms with Crippen LogP contribution in [0.25, 0.3) is 11.3 Å². The van der Waals surface area contributed by atoms with Crippen molar-refractivity contribution in [2.75, 3.05) is 11.6 Å². The molecule has 134 valence electrons. The molecule has 0 unspecified atom stereocenters. The van der Waals surface area contributed by atoms with Gasteiger partial charge in [-0.2, -0.15) is 0 Å². The van der Waals surface area contributed by atoms with Gasteiger partial charge >= 0.3 is 5.69 Å². The van der Waals surface area contributed by atoms with Crippen molar-refractivity contribution in [3.05, 3.63) is 69.0 Å². The number of para-hydroxylation sites is 1. The number of rotatable bonds is 6. The van der Waals surface area contributed by atoms with Gasteiger partial charge in [0.1, 0.15) is 15.6 Å². The molecule has 0 spiro atoms. The molecule has 0 fully saturated rings. The van der Waals surface area contributed by atoms with Crippen LogP contribution >= 0.6 is 11.3 Å². The minimum absolute atomic E-state index is 0.148. The molecule has 0 radical (unpaired) electrons. The summed E-state index contributed by atoms with van der Waals surface area (Å²) in [6.07, 6.45) is 0.950. The van der Waals surface area contributed by atoms with Crippen molar-refractivity contribution in [2.45, 2.75) is 11.4 Å². The Hall–Kier alpha value is -2.78. The molecule has 1 aromatic heterocycles. The number of aromatic nitrogens is 1. The van der Waals surface area contributed by atoms with E-state index in [1.165, 1.54) is 29.5 Å². The lowest BCUT2D eigenvalue weighted by Gasteiger charge is -2.08. The van der Waals surface area contributed by atoms with Crippen LogP contribution in [0.4, 0.5) is 11.4 Å². The van der Waals surface area contributed by atoms with Gasteiger partial charge < -0.3 is 5.32 Å². The van der Waals surface area contributed by atoms with Crippen molar-refractivity contribution in [3.63, 3.8) is 0 Å². The highest BCUT2D eigenvalue weighted by atomic mass is 32.2. The molecule has 9 heteroatoms. The van der Waals surface area contributed by atoms with Crippen molar-refractivity contribution in [1.29, 1.82) is 0 Å². The Labute approximate surface area is 154 Å². The van der Waals surface area contributed by atoms with Crippen LogP contribution in [0, 0.1) is 10.1 Å². The maximum atomic E-state index is 11.8. The van der Waals surface area contributed by atoms with E-state index in [0.29, 0.717) is 0 Å². The topological polar surface area (TPSA) is 102 Å². The average Bonchev–Trinajstić information content (AvgIpc) is 3.08. The van der Waals surface area contributed by atoms with E-state index in [9.17, 15) is 18.5 Å². The van der Waals surface area contributed by atoms with Crippen LogP contribution in [-0.4, -0.2) is 24.6 Å². The third kappa shape index (κ3) is 3.89. The van der Waals surface area contributed by atoms with Gasteiger partial charge in [0, 0.05) is 17.2 Å². The maximum Gasteiger partial charge on any atom is 0.310 e. The summed E-state index contributed by atoms with van der Waals surface area (Å²) in [5.41, 5.74) is 1.51. The van der Waals surface area contributed by atoms with E-state index in [4.69, 9.17) is 0 Å². The zero-order chi connectivity index (χ0) is 18.7. The molecule has 0 aliphatic carbocycles. The van der Waals surface area contributed by atoms with Gasteiger partial charge in [-0.3, -0.25) is 10.1 Å². The molecule has 1 heterocycles. The van der Waals surface area contributed by atoms with Crippen molar-refractivity contribution < 1.29 is 13.3 Å². The van der Waals surface area contributed by atoms with Crippen LogP contribution in [0.5, 0.6) is 0 Å². The summed E-state index contributed by atoms with van der Waals surface area (Å²) in [4.78, 5) is 14.9. The number of thiazole rings is 1. The Morgan fingerprint density at radius 1 is 1.15 bits per heavy atom. The third-order valence-corrected chi connectivity index (χ3v) is 5.61. The summed E-state index contributed by atoms with van der Waals surface area (Å²) in [7, 11) is -3.71. The second kappa shape index (κ2) is 7.22. The number of hydrogen-bond acceptors (Lipinski definition) is 7. The van der Waals surface area contributed by atoms with E-state index in [2.05, 4.69) is 10.3 Å². The predicted octanol–water partition coefficient (Wildman–Crippen LogP) is 3.73. The van der Waals surface area contributed by atoms with Crippen LogP contribution in [-0.2, 0) is 16.4 Å². The van der Waals surface area contributed by atoms with Gasteiger partial charge in [-0.1, -0.05) is 36.4 Å². The quantitative estimate of drug-likeness (QED) is 0.509. The third-order valence-electron chi connectivity index (χ3n) is 3.63. The summed E-state index contributed by atoms with van der Waals surface area (Å²) in [6, 6.07) is 13.9. The first-order chi connectivity index (χ1) is 12.4. The van der Waals surface area contributed by atoms with Gasteiger partial charge in [0.25, 0.3) is 0 Å². The molecule has 0 aliphatic rings. The first-order valence-electron chi connectivity index (χ1n) is 7.57. The standard InChI is InChI=1S/C17H15N3O4S2/c1-26(23,24)15-9-5-8-13(17(15)20(21)22)18-10-16-19-14(11-25-16)12-6-3-2-4-7-12/h2-9,11,18H,10H2,1H3. The molecule has 3 rings (SSSR count). The van der Waals surface area contributed by atoms with Crippen molar-refractivity contribution in [3.8, 4) is 11.3 Å². The Kier molecular flexibility index (Phi) is 5.01. The lowest BCUT2D eigenvalue weighted by atomic mass is 10.2. The van der Waals surface area contributed by atoms with E-state index in [-0.39, 0.29) is 17.1 Å². The number of nitrogens with zero attached hydrogens (tertiary/aromatic N) is 2. The number of hydrogen-bond donors (Lipinski definition) is 1. The van der Waals surface area contributed by atoms with E-state index in [1.807, 2.05) is 35.7 Å². The molecule has 2 aromatic carbocycles. The minimum Gasteiger partial charge on any atom is -0.373 e. The number of anilines is 1. The van der Waals surface area contributed by atoms with Crippen LogP contribution in [0.2, 0.25) is 0 Å². The second-order valence-corrected chi connectivity index (χ2v) is 8.45. The molecule has 3 aromatic rings. The number of sulfone groups is 1. The zero-order valence-electron chi connectivity index (χ0n) is 13.7. The molecular weight excluding hydrogens is 374 g/mol. The van der Waals surface area contributed by atoms with Gasteiger partial charge in [-0.25, -0.2) is 13.4 Å². The van der Waals surface area contributed by atoms with Crippen LogP contribution in [0.15, 0.2) is 58.8 Å². The fourth-order valence-corrected chi connectivity index (χ4v) is 4.06. The molecule has 0 atom stereocenters. The Morgan fingerprint density at radius 3 is 2.54 bits per heavy atom. The molecule has 0 aliphatic heterocycles. The fourth-order valence-electron chi connectivity index (χ4n) is 2.46. The van der Waals surface area contributed by atoms with Gasteiger partial charge in [0.15, 0.2) is 9.84 Å². The highest BCUT2D eigenvalue weighted by Crippen LogP contribution is 2.32. The lowest BCUT2D eigenvalue weighted by molar-refractivity contribution is -0.386. The molecule has 0 saturated heterocycles. The monoisotopic (exact) mass is 389 g/mol. The highest BCUT2D eigenvalue weighted by Gasteiger charge is 2.26. The van der Waals surface area contributed by atoms with Crippen LogP contribution in [0.3, 0.4) is 0 Å². The van der Waals surface area contributed by atoms with Crippen LogP contribution < -0.4 is 5.32 Å². The largest absolute Gasteiger partial charge is 0.373 e. The molecular formula is C17H15N3O4S2. The van der Waals surface area contributed by atoms with E-state index < -0.39 is 20.4 Å². The van der Waals surface area contributed by atoms with E-state index in [0.717, 1.165) is 22.5 Å². The number of benzene rings is 2. The van der Waals surface area contributed by atoms with Crippen molar-refractivity contribution >= 4 is 32.5 Å². The molecule has 0 saturated carbocycles. The summed E-state index contributed by atoms with van der Waals surface area (Å²) in [5.74, 6) is 0. The predicted molar refractivity (Wildman–Crippen MR) is 101 cm³/mol. The minimum atomic E-state index is -3.71. The molecule has 26 heavy (non-hydrogen) atoms. The van der Waals surface area contributed by atoms with Gasteiger partial charge in [-0.15, -0.1) is 11.3 Å². The van der Waals surface area contributed by atoms with Crippen LogP contribution in [0.1, 0.15) is 5.01 Å². The number of nitrogens with one attached hydrogen (secondary N) is 1. The first kappa shape index (κ1) is 18.0. The summed E-state index contributed by atoms with van der Waals surface area (Å²) in [6.45, 7) is 0.256. The molecule has 0 bridgehead atoms. The van der Waals surface area contributed by atoms with E-state index in [1.54, 1.807) is 0 Å².